The maximum Gasteiger partial charge on any atom is 0.260 e. The van der Waals surface area contributed by atoms with Gasteiger partial charge in [-0.1, -0.05) is 0 Å². The van der Waals surface area contributed by atoms with E-state index in [1.54, 1.807) is 22.9 Å². The Morgan fingerprint density at radius 2 is 2.04 bits per heavy atom. The van der Waals surface area contributed by atoms with E-state index in [2.05, 4.69) is 20.4 Å². The summed E-state index contributed by atoms with van der Waals surface area (Å²) in [5.41, 5.74) is 4.63. The molecule has 1 N–H and O–H groups in total. The van der Waals surface area contributed by atoms with Crippen molar-refractivity contribution >= 4 is 17.4 Å². The van der Waals surface area contributed by atoms with Gasteiger partial charge in [-0.2, -0.15) is 5.10 Å². The van der Waals surface area contributed by atoms with Gasteiger partial charge in [0.05, 0.1) is 17.5 Å². The Hall–Kier alpha value is -3.55. The summed E-state index contributed by atoms with van der Waals surface area (Å²) in [5, 5.41) is 7.14. The highest BCUT2D eigenvalue weighted by Gasteiger charge is 2.18. The van der Waals surface area contributed by atoms with Crippen LogP contribution >= 0.6 is 0 Å². The summed E-state index contributed by atoms with van der Waals surface area (Å²) in [6.07, 6.45) is 6.40. The van der Waals surface area contributed by atoms with Crippen molar-refractivity contribution in [3.63, 3.8) is 0 Å². The largest absolute Gasteiger partial charge is 0.306 e. The van der Waals surface area contributed by atoms with Crippen LogP contribution in [-0.2, 0) is 7.05 Å². The molecule has 0 saturated heterocycles. The second-order valence-electron chi connectivity index (χ2n) is 6.29. The van der Waals surface area contributed by atoms with Crippen LogP contribution in [0.1, 0.15) is 21.7 Å². The van der Waals surface area contributed by atoms with E-state index >= 15 is 0 Å². The van der Waals surface area contributed by atoms with Gasteiger partial charge in [0.2, 0.25) is 0 Å². The number of carbonyl (C=O) groups is 1. The predicted octanol–water partition coefficient (Wildman–Crippen LogP) is 3.14. The highest BCUT2D eigenvalue weighted by atomic mass is 19.1. The molecule has 0 unspecified atom stereocenters. The molecule has 0 aliphatic rings. The number of carbonyl (C=O) groups excluding carboxylic acids is 1. The van der Waals surface area contributed by atoms with Crippen LogP contribution in [0.3, 0.4) is 0 Å². The van der Waals surface area contributed by atoms with Crippen molar-refractivity contribution in [2.24, 2.45) is 7.05 Å². The van der Waals surface area contributed by atoms with Crippen molar-refractivity contribution in [3.05, 3.63) is 65.8 Å². The van der Waals surface area contributed by atoms with Gasteiger partial charge in [0.15, 0.2) is 0 Å². The molecule has 8 heteroatoms. The summed E-state index contributed by atoms with van der Waals surface area (Å²) in [7, 11) is 1.88. The van der Waals surface area contributed by atoms with E-state index < -0.39 is 5.82 Å². The molecule has 0 saturated carbocycles. The van der Waals surface area contributed by atoms with Gasteiger partial charge in [-0.25, -0.2) is 14.4 Å². The Labute approximate surface area is 154 Å². The summed E-state index contributed by atoms with van der Waals surface area (Å²) in [6, 6.07) is 4.44. The first kappa shape index (κ1) is 16.9. The molecule has 4 aromatic rings. The Bertz CT molecular complexity index is 1160. The Balaban J connectivity index is 1.81. The summed E-state index contributed by atoms with van der Waals surface area (Å²) in [6.45, 7) is 3.91. The van der Waals surface area contributed by atoms with Gasteiger partial charge in [0.1, 0.15) is 17.3 Å². The van der Waals surface area contributed by atoms with Gasteiger partial charge in [-0.15, -0.1) is 0 Å². The van der Waals surface area contributed by atoms with Crippen molar-refractivity contribution in [2.45, 2.75) is 13.8 Å². The van der Waals surface area contributed by atoms with Crippen molar-refractivity contribution in [1.29, 1.82) is 0 Å². The molecule has 4 aromatic heterocycles. The number of amides is 1. The van der Waals surface area contributed by atoms with Crippen LogP contribution in [0.25, 0.3) is 16.8 Å². The second kappa shape index (κ2) is 6.31. The fraction of sp³-hybridized carbons (Fsp3) is 0.158. The average Bonchev–Trinajstić information content (AvgIpc) is 3.20. The molecule has 0 spiro atoms. The van der Waals surface area contributed by atoms with Gasteiger partial charge in [-0.3, -0.25) is 9.48 Å². The fourth-order valence-corrected chi connectivity index (χ4v) is 3.16. The topological polar surface area (TPSA) is 77.1 Å². The first-order valence-corrected chi connectivity index (χ1v) is 8.34. The maximum atomic E-state index is 13.0. The van der Waals surface area contributed by atoms with E-state index in [0.29, 0.717) is 11.2 Å². The van der Waals surface area contributed by atoms with Crippen molar-refractivity contribution in [2.75, 3.05) is 5.32 Å². The summed E-state index contributed by atoms with van der Waals surface area (Å²) in [4.78, 5) is 21.0. The third-order valence-corrected chi connectivity index (χ3v) is 4.50. The summed E-state index contributed by atoms with van der Waals surface area (Å²) < 4.78 is 16.6. The molecule has 0 atom stereocenters. The van der Waals surface area contributed by atoms with Crippen molar-refractivity contribution in [1.82, 2.24) is 24.1 Å². The van der Waals surface area contributed by atoms with Gasteiger partial charge >= 0.3 is 0 Å². The standard InChI is InChI=1S/C19H17FN6O/c1-11-17(12(2)25(3)24-11)13-8-15(18-21-6-7-26(18)10-13)19(27)23-16-5-4-14(20)9-22-16/h4-10H,1-3H3,(H,22,23,27). The monoisotopic (exact) mass is 364 g/mol. The molecule has 27 heavy (non-hydrogen) atoms. The third-order valence-electron chi connectivity index (χ3n) is 4.50. The van der Waals surface area contributed by atoms with Crippen LogP contribution in [0, 0.1) is 19.7 Å². The number of aryl methyl sites for hydroxylation is 2. The minimum atomic E-state index is -0.465. The number of hydrogen-bond acceptors (Lipinski definition) is 4. The molecule has 7 nitrogen and oxygen atoms in total. The van der Waals surface area contributed by atoms with Crippen LogP contribution in [0.15, 0.2) is 43.0 Å². The van der Waals surface area contributed by atoms with Gasteiger partial charge in [-0.05, 0) is 32.0 Å². The molecule has 136 valence electrons. The summed E-state index contributed by atoms with van der Waals surface area (Å²) >= 11 is 0. The minimum Gasteiger partial charge on any atom is -0.306 e. The van der Waals surface area contributed by atoms with Crippen LogP contribution in [-0.4, -0.2) is 30.1 Å². The zero-order valence-corrected chi connectivity index (χ0v) is 15.1. The van der Waals surface area contributed by atoms with Gasteiger partial charge < -0.3 is 9.72 Å². The highest BCUT2D eigenvalue weighted by molar-refractivity contribution is 6.08. The van der Waals surface area contributed by atoms with Gasteiger partial charge in [0, 0.05) is 42.5 Å². The number of imidazole rings is 1. The number of fused-ring (bicyclic) bond motifs is 1. The van der Waals surface area contributed by atoms with E-state index in [1.807, 2.05) is 31.8 Å². The number of nitrogens with one attached hydrogen (secondary N) is 1. The van der Waals surface area contributed by atoms with E-state index in [4.69, 9.17) is 0 Å². The number of aromatic nitrogens is 5. The second-order valence-corrected chi connectivity index (χ2v) is 6.29. The molecule has 0 fully saturated rings. The Kier molecular flexibility index (Phi) is 3.95. The molecular weight excluding hydrogens is 347 g/mol. The third kappa shape index (κ3) is 2.95. The Morgan fingerprint density at radius 1 is 1.22 bits per heavy atom. The predicted molar refractivity (Wildman–Crippen MR) is 99.0 cm³/mol. The summed E-state index contributed by atoms with van der Waals surface area (Å²) in [5.74, 6) is -0.565. The lowest BCUT2D eigenvalue weighted by atomic mass is 10.0. The normalized spacial score (nSPS) is 11.1. The zero-order valence-electron chi connectivity index (χ0n) is 15.1. The van der Waals surface area contributed by atoms with E-state index in [0.717, 1.165) is 28.7 Å². The number of nitrogens with zero attached hydrogens (tertiary/aromatic N) is 5. The lowest BCUT2D eigenvalue weighted by molar-refractivity contribution is 0.102. The van der Waals surface area contributed by atoms with Crippen molar-refractivity contribution in [3.8, 4) is 11.1 Å². The number of pyridine rings is 2. The van der Waals surface area contributed by atoms with E-state index in [1.165, 1.54) is 12.1 Å². The number of halogens is 1. The molecule has 0 aliphatic carbocycles. The molecule has 0 aromatic carbocycles. The fourth-order valence-electron chi connectivity index (χ4n) is 3.16. The maximum absolute atomic E-state index is 13.0. The highest BCUT2D eigenvalue weighted by Crippen LogP contribution is 2.28. The average molecular weight is 364 g/mol. The number of rotatable bonds is 3. The van der Waals surface area contributed by atoms with Crippen LogP contribution < -0.4 is 5.32 Å². The van der Waals surface area contributed by atoms with Crippen LogP contribution in [0.4, 0.5) is 10.2 Å². The number of hydrogen-bond donors (Lipinski definition) is 1. The van der Waals surface area contributed by atoms with Crippen LogP contribution in [0.5, 0.6) is 0 Å². The molecule has 4 heterocycles. The molecule has 0 bridgehead atoms. The first-order chi connectivity index (χ1) is 12.9. The first-order valence-electron chi connectivity index (χ1n) is 8.34. The van der Waals surface area contributed by atoms with Gasteiger partial charge in [0.25, 0.3) is 5.91 Å². The lowest BCUT2D eigenvalue weighted by Gasteiger charge is -2.10. The molecule has 0 aliphatic heterocycles. The van der Waals surface area contributed by atoms with E-state index in [9.17, 15) is 9.18 Å². The Morgan fingerprint density at radius 3 is 2.70 bits per heavy atom. The van der Waals surface area contributed by atoms with Crippen LogP contribution in [0.2, 0.25) is 0 Å². The zero-order chi connectivity index (χ0) is 19.1. The van der Waals surface area contributed by atoms with Crippen molar-refractivity contribution < 1.29 is 9.18 Å². The quantitative estimate of drug-likeness (QED) is 0.606. The lowest BCUT2D eigenvalue weighted by Crippen LogP contribution is -2.14. The van der Waals surface area contributed by atoms with E-state index in [-0.39, 0.29) is 11.7 Å². The molecular formula is C19H17FN6O. The smallest absolute Gasteiger partial charge is 0.260 e. The number of anilines is 1. The molecule has 1 amide bonds. The SMILES string of the molecule is Cc1nn(C)c(C)c1-c1cc(C(=O)Nc2ccc(F)cn2)c2nccn2c1. The molecule has 0 radical (unpaired) electrons. The minimum absolute atomic E-state index is 0.269. The molecule has 4 rings (SSSR count).